The third-order valence-corrected chi connectivity index (χ3v) is 5.52. The number of hydrogen-bond acceptors (Lipinski definition) is 4. The van der Waals surface area contributed by atoms with Crippen LogP contribution < -0.4 is 5.32 Å². The van der Waals surface area contributed by atoms with E-state index in [0.29, 0.717) is 0 Å². The normalized spacial score (nSPS) is 11.9. The van der Waals surface area contributed by atoms with Crippen molar-refractivity contribution in [2.75, 3.05) is 34.2 Å². The lowest BCUT2D eigenvalue weighted by Crippen LogP contribution is -2.15. The second kappa shape index (κ2) is 7.81. The van der Waals surface area contributed by atoms with Gasteiger partial charge in [-0.3, -0.25) is 0 Å². The van der Waals surface area contributed by atoms with E-state index in [9.17, 15) is 10.2 Å². The Labute approximate surface area is 170 Å². The molecule has 2 heterocycles. The molecule has 0 aliphatic heterocycles. The Bertz CT molecular complexity index is 1160. The van der Waals surface area contributed by atoms with E-state index in [1.54, 1.807) is 12.1 Å². The number of hydrogen-bond donors (Lipinski definition) is 5. The fourth-order valence-electron chi connectivity index (χ4n) is 4.08. The summed E-state index contributed by atoms with van der Waals surface area (Å²) >= 11 is 0. The van der Waals surface area contributed by atoms with Gasteiger partial charge in [0.1, 0.15) is 11.5 Å². The second-order valence-electron chi connectivity index (χ2n) is 7.78. The zero-order valence-corrected chi connectivity index (χ0v) is 17.1. The molecule has 0 bridgehead atoms. The highest BCUT2D eigenvalue weighted by Crippen LogP contribution is 2.40. The first-order valence-electron chi connectivity index (χ1n) is 9.95. The van der Waals surface area contributed by atoms with Crippen LogP contribution in [0.25, 0.3) is 33.1 Å². The van der Waals surface area contributed by atoms with Crippen molar-refractivity contribution in [3.8, 4) is 22.8 Å². The van der Waals surface area contributed by atoms with E-state index in [4.69, 9.17) is 0 Å². The Balaban J connectivity index is 1.94. The maximum atomic E-state index is 10.5. The first-order valence-corrected chi connectivity index (χ1v) is 9.95. The number of aromatic amines is 2. The van der Waals surface area contributed by atoms with Crippen LogP contribution in [0.1, 0.15) is 11.1 Å². The topological polar surface area (TPSA) is 87.3 Å². The van der Waals surface area contributed by atoms with Crippen LogP contribution in [0.4, 0.5) is 0 Å². The maximum absolute atomic E-state index is 10.5. The number of phenols is 2. The third kappa shape index (κ3) is 3.45. The number of H-pyrrole nitrogens is 2. The molecule has 0 radical (unpaired) electrons. The molecule has 29 heavy (non-hydrogen) atoms. The molecule has 0 fully saturated rings. The molecule has 0 aliphatic carbocycles. The minimum Gasteiger partial charge on any atom is -0.507 e. The van der Waals surface area contributed by atoms with Crippen LogP contribution in [0.15, 0.2) is 36.5 Å². The highest BCUT2D eigenvalue weighted by atomic mass is 16.3. The van der Waals surface area contributed by atoms with E-state index in [2.05, 4.69) is 20.2 Å². The summed E-state index contributed by atoms with van der Waals surface area (Å²) in [7, 11) is 6.02. The van der Waals surface area contributed by atoms with Crippen molar-refractivity contribution < 1.29 is 10.2 Å². The van der Waals surface area contributed by atoms with Crippen molar-refractivity contribution in [3.05, 3.63) is 47.7 Å². The molecular formula is C23H28N4O2. The third-order valence-electron chi connectivity index (χ3n) is 5.52. The molecule has 0 spiro atoms. The number of aromatic hydroxyl groups is 2. The molecule has 152 valence electrons. The molecule has 5 N–H and O–H groups in total. The number of rotatable bonds is 7. The van der Waals surface area contributed by atoms with Crippen molar-refractivity contribution in [1.82, 2.24) is 20.2 Å². The van der Waals surface area contributed by atoms with Crippen LogP contribution in [0, 0.1) is 0 Å². The van der Waals surface area contributed by atoms with Crippen molar-refractivity contribution in [1.29, 1.82) is 0 Å². The zero-order valence-electron chi connectivity index (χ0n) is 17.1. The minimum absolute atomic E-state index is 0.282. The standard InChI is InChI=1S/C23H28N4O2/c1-24-11-9-14-13-25-23-16(7-8-19(29)20(14)23)22-15(10-12-27(2)3)21-17(26-22)5-4-6-18(21)28/h4-8,13,24-26,28-29H,9-12H2,1-3H3. The number of nitrogens with zero attached hydrogens (tertiary/aromatic N) is 1. The minimum atomic E-state index is 0.282. The molecule has 2 aromatic heterocycles. The van der Waals surface area contributed by atoms with Gasteiger partial charge in [-0.25, -0.2) is 0 Å². The van der Waals surface area contributed by atoms with E-state index in [0.717, 1.165) is 70.1 Å². The maximum Gasteiger partial charge on any atom is 0.125 e. The van der Waals surface area contributed by atoms with Gasteiger partial charge in [0.05, 0.1) is 11.2 Å². The largest absolute Gasteiger partial charge is 0.507 e. The molecule has 0 atom stereocenters. The van der Waals surface area contributed by atoms with E-state index in [-0.39, 0.29) is 11.5 Å². The molecule has 0 saturated heterocycles. The van der Waals surface area contributed by atoms with Crippen molar-refractivity contribution in [3.63, 3.8) is 0 Å². The van der Waals surface area contributed by atoms with Gasteiger partial charge < -0.3 is 30.4 Å². The Morgan fingerprint density at radius 2 is 1.79 bits per heavy atom. The predicted molar refractivity (Wildman–Crippen MR) is 119 cm³/mol. The Hall–Kier alpha value is -2.96. The van der Waals surface area contributed by atoms with E-state index < -0.39 is 0 Å². The number of nitrogens with one attached hydrogen (secondary N) is 3. The van der Waals surface area contributed by atoms with E-state index in [1.807, 2.05) is 45.5 Å². The average molecular weight is 393 g/mol. The molecule has 0 amide bonds. The predicted octanol–water partition coefficient (Wildman–Crippen LogP) is 3.59. The molecule has 0 saturated carbocycles. The summed E-state index contributed by atoms with van der Waals surface area (Å²) in [5.41, 5.74) is 5.98. The first-order chi connectivity index (χ1) is 14.0. The Morgan fingerprint density at radius 3 is 2.55 bits per heavy atom. The van der Waals surface area contributed by atoms with Crippen LogP contribution in [-0.2, 0) is 12.8 Å². The highest BCUT2D eigenvalue weighted by Gasteiger charge is 2.20. The lowest BCUT2D eigenvalue weighted by atomic mass is 9.98. The SMILES string of the molecule is CNCCc1c[nH]c2c(-c3[nH]c4cccc(O)c4c3CCN(C)C)ccc(O)c12. The number of aromatic nitrogens is 2. The van der Waals surface area contributed by atoms with Gasteiger partial charge in [0.2, 0.25) is 0 Å². The lowest BCUT2D eigenvalue weighted by molar-refractivity contribution is 0.414. The zero-order chi connectivity index (χ0) is 20.5. The molecule has 6 heteroatoms. The van der Waals surface area contributed by atoms with Gasteiger partial charge in [-0.2, -0.15) is 0 Å². The monoisotopic (exact) mass is 392 g/mol. The highest BCUT2D eigenvalue weighted by molar-refractivity contribution is 6.03. The van der Waals surface area contributed by atoms with Crippen molar-refractivity contribution in [2.45, 2.75) is 12.8 Å². The van der Waals surface area contributed by atoms with Gasteiger partial charge in [0, 0.05) is 34.6 Å². The summed E-state index contributed by atoms with van der Waals surface area (Å²) in [4.78, 5) is 9.03. The molecular weight excluding hydrogens is 364 g/mol. The van der Waals surface area contributed by atoms with Crippen LogP contribution in [0.5, 0.6) is 11.5 Å². The van der Waals surface area contributed by atoms with Gasteiger partial charge >= 0.3 is 0 Å². The Morgan fingerprint density at radius 1 is 1.00 bits per heavy atom. The van der Waals surface area contributed by atoms with Gasteiger partial charge in [0.25, 0.3) is 0 Å². The van der Waals surface area contributed by atoms with Crippen LogP contribution >= 0.6 is 0 Å². The quantitative estimate of drug-likeness (QED) is 0.333. The Kier molecular flexibility index (Phi) is 5.22. The van der Waals surface area contributed by atoms with Gasteiger partial charge in [0.15, 0.2) is 0 Å². The van der Waals surface area contributed by atoms with Crippen LogP contribution in [0.3, 0.4) is 0 Å². The van der Waals surface area contributed by atoms with Gasteiger partial charge in [-0.15, -0.1) is 0 Å². The van der Waals surface area contributed by atoms with Crippen LogP contribution in [-0.4, -0.2) is 59.3 Å². The summed E-state index contributed by atoms with van der Waals surface area (Å²) in [6.07, 6.45) is 3.61. The molecule has 2 aromatic carbocycles. The summed E-state index contributed by atoms with van der Waals surface area (Å²) in [5, 5.41) is 26.0. The molecule has 0 unspecified atom stereocenters. The fourth-order valence-corrected chi connectivity index (χ4v) is 4.08. The summed E-state index contributed by atoms with van der Waals surface area (Å²) in [6.45, 7) is 1.71. The van der Waals surface area contributed by atoms with Gasteiger partial charge in [-0.1, -0.05) is 6.07 Å². The summed E-state index contributed by atoms with van der Waals surface area (Å²) in [6, 6.07) is 9.27. The number of fused-ring (bicyclic) bond motifs is 2. The molecule has 4 aromatic rings. The van der Waals surface area contributed by atoms with E-state index >= 15 is 0 Å². The number of benzene rings is 2. The van der Waals surface area contributed by atoms with E-state index in [1.165, 1.54) is 0 Å². The second-order valence-corrected chi connectivity index (χ2v) is 7.78. The van der Waals surface area contributed by atoms with Crippen molar-refractivity contribution in [2.24, 2.45) is 0 Å². The average Bonchev–Trinajstić information content (AvgIpc) is 3.28. The number of likely N-dealkylation sites (N-methyl/N-ethyl adjacent to an activating group) is 2. The summed E-state index contributed by atoms with van der Waals surface area (Å²) in [5.74, 6) is 0.569. The first kappa shape index (κ1) is 19.4. The van der Waals surface area contributed by atoms with Crippen LogP contribution in [0.2, 0.25) is 0 Å². The molecule has 4 rings (SSSR count). The fraction of sp³-hybridized carbons (Fsp3) is 0.304. The summed E-state index contributed by atoms with van der Waals surface area (Å²) < 4.78 is 0. The molecule has 6 nitrogen and oxygen atoms in total. The van der Waals surface area contributed by atoms with Crippen molar-refractivity contribution >= 4 is 21.8 Å². The smallest absolute Gasteiger partial charge is 0.125 e. The molecule has 0 aliphatic rings. The van der Waals surface area contributed by atoms with Gasteiger partial charge in [-0.05, 0) is 75.9 Å². The number of phenolic OH excluding ortho intramolecular Hbond substituents is 2. The lowest BCUT2D eigenvalue weighted by Gasteiger charge is -2.12.